The minimum atomic E-state index is -0.741. The molecular formula is C16H21N5O5. The average molecular weight is 363 g/mol. The van der Waals surface area contributed by atoms with Crippen molar-refractivity contribution >= 4 is 28.9 Å². The number of rotatable bonds is 7. The minimum absolute atomic E-state index is 0.136. The van der Waals surface area contributed by atoms with Gasteiger partial charge in [-0.3, -0.25) is 10.1 Å². The van der Waals surface area contributed by atoms with Crippen LogP contribution in [0.2, 0.25) is 0 Å². The molecule has 0 aliphatic rings. The highest BCUT2D eigenvalue weighted by Gasteiger charge is 2.15. The van der Waals surface area contributed by atoms with Crippen LogP contribution in [-0.4, -0.2) is 59.5 Å². The maximum atomic E-state index is 12.0. The lowest BCUT2D eigenvalue weighted by Crippen LogP contribution is -2.42. The molecule has 2 aromatic heterocycles. The molecule has 0 fully saturated rings. The Labute approximate surface area is 149 Å². The second-order valence-corrected chi connectivity index (χ2v) is 5.69. The van der Waals surface area contributed by atoms with Gasteiger partial charge >= 0.3 is 12.0 Å². The summed E-state index contributed by atoms with van der Waals surface area (Å²) >= 11 is 0. The van der Waals surface area contributed by atoms with Crippen LogP contribution < -0.4 is 10.6 Å². The van der Waals surface area contributed by atoms with Crippen molar-refractivity contribution in [3.63, 3.8) is 0 Å². The van der Waals surface area contributed by atoms with Gasteiger partial charge < -0.3 is 14.8 Å². The topological polar surface area (TPSA) is 124 Å². The highest BCUT2D eigenvalue weighted by Crippen LogP contribution is 2.17. The van der Waals surface area contributed by atoms with Gasteiger partial charge in [-0.05, 0) is 19.9 Å². The number of methoxy groups -OCH3 is 1. The van der Waals surface area contributed by atoms with E-state index in [1.807, 2.05) is 19.2 Å². The minimum Gasteiger partial charge on any atom is -0.452 e. The number of imide groups is 1. The van der Waals surface area contributed by atoms with Gasteiger partial charge in [0.05, 0.1) is 18.4 Å². The molecule has 0 aliphatic heterocycles. The molecule has 0 atom stereocenters. The Kier molecular flexibility index (Phi) is 6.61. The average Bonchev–Trinajstić information content (AvgIpc) is 3.03. The number of nitrogens with one attached hydrogen (secondary N) is 2. The zero-order chi connectivity index (χ0) is 19.1. The molecule has 2 N–H and O–H groups in total. The number of fused-ring (bicyclic) bond motifs is 1. The zero-order valence-electron chi connectivity index (χ0n) is 14.8. The van der Waals surface area contributed by atoms with Gasteiger partial charge in [0.1, 0.15) is 0 Å². The molecule has 0 aromatic carbocycles. The first kappa shape index (κ1) is 19.3. The Morgan fingerprint density at radius 1 is 1.27 bits per heavy atom. The van der Waals surface area contributed by atoms with Crippen molar-refractivity contribution in [2.24, 2.45) is 0 Å². The van der Waals surface area contributed by atoms with Crippen LogP contribution in [-0.2, 0) is 14.3 Å². The fourth-order valence-electron chi connectivity index (χ4n) is 2.12. The molecule has 3 amide bonds. The molecule has 10 heteroatoms. The summed E-state index contributed by atoms with van der Waals surface area (Å²) in [5.74, 6) is -1.46. The lowest BCUT2D eigenvalue weighted by Gasteiger charge is -2.08. The number of carbonyl (C=O) groups is 3. The molecule has 0 radical (unpaired) electrons. The predicted molar refractivity (Wildman–Crippen MR) is 91.6 cm³/mol. The molecule has 0 saturated heterocycles. The van der Waals surface area contributed by atoms with Crippen LogP contribution in [0.25, 0.3) is 11.0 Å². The van der Waals surface area contributed by atoms with Crippen LogP contribution in [0.1, 0.15) is 30.2 Å². The molecule has 140 valence electrons. The number of ether oxygens (including phenoxy) is 2. The van der Waals surface area contributed by atoms with Crippen molar-refractivity contribution < 1.29 is 23.9 Å². The van der Waals surface area contributed by atoms with E-state index in [4.69, 9.17) is 9.47 Å². The van der Waals surface area contributed by atoms with Gasteiger partial charge in [-0.2, -0.15) is 5.10 Å². The number of hydrogen-bond donors (Lipinski definition) is 2. The van der Waals surface area contributed by atoms with E-state index in [9.17, 15) is 14.4 Å². The quantitative estimate of drug-likeness (QED) is 0.546. The van der Waals surface area contributed by atoms with E-state index in [0.717, 1.165) is 0 Å². The van der Waals surface area contributed by atoms with Gasteiger partial charge in [-0.15, -0.1) is 0 Å². The predicted octanol–water partition coefficient (Wildman–Crippen LogP) is 0.641. The van der Waals surface area contributed by atoms with Crippen molar-refractivity contribution in [3.8, 4) is 0 Å². The summed E-state index contributed by atoms with van der Waals surface area (Å²) in [4.78, 5) is 39.3. The maximum absolute atomic E-state index is 12.0. The molecular weight excluding hydrogens is 342 g/mol. The van der Waals surface area contributed by atoms with Gasteiger partial charge in [-0.25, -0.2) is 19.3 Å². The van der Waals surface area contributed by atoms with Crippen molar-refractivity contribution in [1.82, 2.24) is 25.4 Å². The van der Waals surface area contributed by atoms with Crippen molar-refractivity contribution in [2.45, 2.75) is 19.9 Å². The Hall–Kier alpha value is -3.01. The Morgan fingerprint density at radius 3 is 2.73 bits per heavy atom. The van der Waals surface area contributed by atoms with Crippen molar-refractivity contribution in [2.75, 3.05) is 26.9 Å². The molecule has 0 saturated carbocycles. The summed E-state index contributed by atoms with van der Waals surface area (Å²) in [6, 6.07) is 1.04. The van der Waals surface area contributed by atoms with E-state index >= 15 is 0 Å². The number of carbonyl (C=O) groups excluding carboxylic acids is 3. The Morgan fingerprint density at radius 2 is 2.04 bits per heavy atom. The van der Waals surface area contributed by atoms with Crippen LogP contribution in [0.4, 0.5) is 4.79 Å². The molecule has 2 heterocycles. The lowest BCUT2D eigenvalue weighted by atomic mass is 10.2. The third kappa shape index (κ3) is 4.99. The van der Waals surface area contributed by atoms with E-state index in [1.54, 1.807) is 16.9 Å². The standard InChI is InChI=1S/C16H21N5O5/c1-10(2)21-14-11(8-19-21)6-12(7-18-14)15(23)26-9-13(22)20-16(24)17-4-5-25-3/h6-8,10H,4-5,9H2,1-3H3,(H2,17,20,22,24). The number of esters is 1. The number of aromatic nitrogens is 3. The van der Waals surface area contributed by atoms with Gasteiger partial charge in [0.15, 0.2) is 12.3 Å². The molecule has 2 aromatic rings. The second kappa shape index (κ2) is 8.90. The van der Waals surface area contributed by atoms with Crippen LogP contribution in [0.5, 0.6) is 0 Å². The fourth-order valence-corrected chi connectivity index (χ4v) is 2.12. The first-order valence-corrected chi connectivity index (χ1v) is 7.99. The van der Waals surface area contributed by atoms with Crippen LogP contribution in [0.15, 0.2) is 18.5 Å². The molecule has 0 aliphatic carbocycles. The van der Waals surface area contributed by atoms with E-state index in [2.05, 4.69) is 15.4 Å². The zero-order valence-corrected chi connectivity index (χ0v) is 14.8. The summed E-state index contributed by atoms with van der Waals surface area (Å²) in [5.41, 5.74) is 0.847. The second-order valence-electron chi connectivity index (χ2n) is 5.69. The van der Waals surface area contributed by atoms with Crippen LogP contribution >= 0.6 is 0 Å². The third-order valence-corrected chi connectivity index (χ3v) is 3.34. The fraction of sp³-hybridized carbons (Fsp3) is 0.438. The van der Waals surface area contributed by atoms with Crippen molar-refractivity contribution in [1.29, 1.82) is 0 Å². The van der Waals surface area contributed by atoms with Gasteiger partial charge in [0, 0.05) is 31.3 Å². The van der Waals surface area contributed by atoms with E-state index < -0.39 is 24.5 Å². The van der Waals surface area contributed by atoms with Crippen LogP contribution in [0.3, 0.4) is 0 Å². The summed E-state index contributed by atoms with van der Waals surface area (Å²) in [6.07, 6.45) is 2.97. The maximum Gasteiger partial charge on any atom is 0.340 e. The molecule has 0 unspecified atom stereocenters. The van der Waals surface area contributed by atoms with E-state index in [-0.39, 0.29) is 18.2 Å². The molecule has 2 rings (SSSR count). The smallest absolute Gasteiger partial charge is 0.340 e. The molecule has 0 spiro atoms. The largest absolute Gasteiger partial charge is 0.452 e. The van der Waals surface area contributed by atoms with E-state index in [1.165, 1.54) is 13.3 Å². The number of urea groups is 1. The number of amides is 3. The van der Waals surface area contributed by atoms with Crippen LogP contribution in [0, 0.1) is 0 Å². The monoisotopic (exact) mass is 363 g/mol. The summed E-state index contributed by atoms with van der Waals surface area (Å²) < 4.78 is 11.4. The third-order valence-electron chi connectivity index (χ3n) is 3.34. The highest BCUT2D eigenvalue weighted by molar-refractivity contribution is 5.97. The lowest BCUT2D eigenvalue weighted by molar-refractivity contribution is -0.123. The normalized spacial score (nSPS) is 10.8. The molecule has 10 nitrogen and oxygen atoms in total. The number of pyridine rings is 1. The van der Waals surface area contributed by atoms with E-state index in [0.29, 0.717) is 17.6 Å². The summed E-state index contributed by atoms with van der Waals surface area (Å²) in [5, 5.41) is 9.36. The van der Waals surface area contributed by atoms with Gasteiger partial charge in [0.25, 0.3) is 5.91 Å². The Balaban J connectivity index is 1.88. The molecule has 26 heavy (non-hydrogen) atoms. The summed E-state index contributed by atoms with van der Waals surface area (Å²) in [6.45, 7) is 3.94. The molecule has 0 bridgehead atoms. The van der Waals surface area contributed by atoms with Crippen molar-refractivity contribution in [3.05, 3.63) is 24.0 Å². The summed E-state index contributed by atoms with van der Waals surface area (Å²) in [7, 11) is 1.49. The Bertz CT molecular complexity index is 801. The van der Waals surface area contributed by atoms with Gasteiger partial charge in [0.2, 0.25) is 0 Å². The number of nitrogens with zero attached hydrogens (tertiary/aromatic N) is 3. The first-order chi connectivity index (χ1) is 12.4. The highest BCUT2D eigenvalue weighted by atomic mass is 16.5. The van der Waals surface area contributed by atoms with Gasteiger partial charge in [-0.1, -0.05) is 0 Å². The first-order valence-electron chi connectivity index (χ1n) is 7.99. The SMILES string of the molecule is COCCNC(=O)NC(=O)COC(=O)c1cnc2c(cnn2C(C)C)c1. The number of hydrogen-bond acceptors (Lipinski definition) is 7.